The van der Waals surface area contributed by atoms with Crippen LogP contribution in [0.1, 0.15) is 440 Å². The zero-order valence-electron chi connectivity index (χ0n) is 66.9. The molecule has 19 heteroatoms. The van der Waals surface area contributed by atoms with Gasteiger partial charge in [0.2, 0.25) is 0 Å². The number of hydrogen-bond donors (Lipinski definition) is 3. The Morgan fingerprint density at radius 3 is 0.745 bits per heavy atom. The highest BCUT2D eigenvalue weighted by molar-refractivity contribution is 7.47. The van der Waals surface area contributed by atoms with Crippen LogP contribution in [0.2, 0.25) is 0 Å². The lowest BCUT2D eigenvalue weighted by atomic mass is 9.99. The number of carbonyl (C=O) groups is 4. The molecule has 0 amide bonds. The fraction of sp³-hybridized carbons (Fsp3) is 0.952. The molecule has 0 radical (unpaired) electrons. The number of ether oxygens (including phenoxy) is 4. The molecule has 0 saturated carbocycles. The van der Waals surface area contributed by atoms with Gasteiger partial charge in [-0.05, 0) is 37.5 Å². The fourth-order valence-corrected chi connectivity index (χ4v) is 14.4. The summed E-state index contributed by atoms with van der Waals surface area (Å²) in [7, 11) is -9.92. The standard InChI is InChI=1S/C83H162O17P2/c1-7-10-12-14-16-18-20-22-23-24-25-26-27-28-29-30-32-38-42-50-56-62-68-83(88)99-78(71-93-80(85)65-59-53-47-40-36-34-33-35-39-45-51-57-63-75(4)5)73-97-101(89,90)95-69-77(84)70-96-102(91,92)98-74-79(72-94-81(86)66-60-54-48-44-43-46-52-58-64-76(6)9-3)100-82(87)67-61-55-49-41-37-31-21-19-17-15-13-11-8-2/h75-79,84H,7-74H2,1-6H3,(H,89,90)(H,91,92)/t76?,77-,78-,79-/m1/s1. The first kappa shape index (κ1) is 100. The first-order valence-electron chi connectivity index (χ1n) is 43.0. The summed E-state index contributed by atoms with van der Waals surface area (Å²) in [5.74, 6) is -0.547. The van der Waals surface area contributed by atoms with E-state index in [1.165, 1.54) is 257 Å². The van der Waals surface area contributed by atoms with E-state index < -0.39 is 97.5 Å². The zero-order valence-corrected chi connectivity index (χ0v) is 68.7. The normalized spacial score (nSPS) is 14.1. The topological polar surface area (TPSA) is 237 Å². The number of esters is 4. The maximum atomic E-state index is 13.1. The van der Waals surface area contributed by atoms with Crippen LogP contribution in [0.25, 0.3) is 0 Å². The van der Waals surface area contributed by atoms with E-state index >= 15 is 0 Å². The SMILES string of the molecule is CCCCCCCCCCCCCCCCCCCCCCCCC(=O)O[C@H](COC(=O)CCCCCCCCCCCCCCC(C)C)COP(=O)(O)OC[C@@H](O)COP(=O)(O)OC[C@@H](COC(=O)CCCCCCCCCCC(C)CC)OC(=O)CCCCCCCCCCCCCCC. The number of phosphoric acid groups is 2. The Morgan fingerprint density at radius 2 is 0.500 bits per heavy atom. The molecule has 0 aromatic heterocycles. The van der Waals surface area contributed by atoms with Crippen molar-refractivity contribution in [3.8, 4) is 0 Å². The molecule has 0 spiro atoms. The highest BCUT2D eigenvalue weighted by Gasteiger charge is 2.30. The van der Waals surface area contributed by atoms with Gasteiger partial charge in [0.05, 0.1) is 26.4 Å². The summed E-state index contributed by atoms with van der Waals surface area (Å²) < 4.78 is 68.8. The van der Waals surface area contributed by atoms with Crippen LogP contribution in [0.5, 0.6) is 0 Å². The quantitative estimate of drug-likeness (QED) is 0.0222. The van der Waals surface area contributed by atoms with Gasteiger partial charge in [0, 0.05) is 25.7 Å². The van der Waals surface area contributed by atoms with Gasteiger partial charge in [-0.3, -0.25) is 37.3 Å². The molecule has 0 bridgehead atoms. The molecule has 0 aliphatic rings. The monoisotopic (exact) mass is 1490 g/mol. The average molecular weight is 1490 g/mol. The summed E-state index contributed by atoms with van der Waals surface area (Å²) in [5.41, 5.74) is 0. The lowest BCUT2D eigenvalue weighted by molar-refractivity contribution is -0.161. The Balaban J connectivity index is 5.23. The van der Waals surface area contributed by atoms with Crippen molar-refractivity contribution in [3.63, 3.8) is 0 Å². The van der Waals surface area contributed by atoms with Gasteiger partial charge in [-0.1, -0.05) is 388 Å². The maximum Gasteiger partial charge on any atom is 0.472 e. The highest BCUT2D eigenvalue weighted by Crippen LogP contribution is 2.45. The first-order valence-corrected chi connectivity index (χ1v) is 46.0. The molecule has 3 N–H and O–H groups in total. The van der Waals surface area contributed by atoms with Crippen LogP contribution in [-0.4, -0.2) is 96.7 Å². The second kappa shape index (κ2) is 74.5. The molecule has 102 heavy (non-hydrogen) atoms. The molecule has 0 aromatic carbocycles. The molecule has 6 atom stereocenters. The smallest absolute Gasteiger partial charge is 0.462 e. The van der Waals surface area contributed by atoms with E-state index in [0.29, 0.717) is 25.7 Å². The summed E-state index contributed by atoms with van der Waals surface area (Å²) in [6.45, 7) is 9.66. The third-order valence-corrected chi connectivity index (χ3v) is 21.7. The van der Waals surface area contributed by atoms with Gasteiger partial charge >= 0.3 is 39.5 Å². The predicted molar refractivity (Wildman–Crippen MR) is 418 cm³/mol. The molecule has 0 saturated heterocycles. The van der Waals surface area contributed by atoms with Gasteiger partial charge in [0.15, 0.2) is 12.2 Å². The number of aliphatic hydroxyl groups excluding tert-OH is 1. The van der Waals surface area contributed by atoms with Crippen molar-refractivity contribution in [1.29, 1.82) is 0 Å². The number of rotatable bonds is 82. The van der Waals surface area contributed by atoms with Crippen molar-refractivity contribution in [3.05, 3.63) is 0 Å². The maximum absolute atomic E-state index is 13.1. The van der Waals surface area contributed by atoms with Crippen molar-refractivity contribution < 1.29 is 80.2 Å². The van der Waals surface area contributed by atoms with Gasteiger partial charge < -0.3 is 33.8 Å². The second-order valence-electron chi connectivity index (χ2n) is 30.6. The molecule has 0 aliphatic heterocycles. The molecule has 3 unspecified atom stereocenters. The van der Waals surface area contributed by atoms with E-state index in [-0.39, 0.29) is 25.7 Å². The van der Waals surface area contributed by atoms with Gasteiger partial charge in [0.25, 0.3) is 0 Å². The Morgan fingerprint density at radius 1 is 0.284 bits per heavy atom. The molecule has 0 aliphatic carbocycles. The van der Waals surface area contributed by atoms with Crippen LogP contribution >= 0.6 is 15.6 Å². The third kappa shape index (κ3) is 74.9. The molecule has 0 aromatic rings. The summed E-state index contributed by atoms with van der Waals surface area (Å²) in [6.07, 6.45) is 65.2. The van der Waals surface area contributed by atoms with Gasteiger partial charge in [0.1, 0.15) is 19.3 Å². The lowest BCUT2D eigenvalue weighted by Gasteiger charge is -2.21. The molecular formula is C83H162O17P2. The van der Waals surface area contributed by atoms with Crippen LogP contribution in [-0.2, 0) is 65.4 Å². The van der Waals surface area contributed by atoms with Crippen molar-refractivity contribution in [2.75, 3.05) is 39.6 Å². The number of carbonyl (C=O) groups excluding carboxylic acids is 4. The molecular weight excluding hydrogens is 1330 g/mol. The number of hydrogen-bond acceptors (Lipinski definition) is 15. The third-order valence-electron chi connectivity index (χ3n) is 19.8. The molecule has 0 rings (SSSR count). The summed E-state index contributed by atoms with van der Waals surface area (Å²) >= 11 is 0. The van der Waals surface area contributed by atoms with E-state index in [1.807, 2.05) is 0 Å². The average Bonchev–Trinajstić information content (AvgIpc) is 0.909. The highest BCUT2D eigenvalue weighted by atomic mass is 31.2. The van der Waals surface area contributed by atoms with E-state index in [9.17, 15) is 43.2 Å². The van der Waals surface area contributed by atoms with Crippen LogP contribution in [0.15, 0.2) is 0 Å². The first-order chi connectivity index (χ1) is 49.4. The summed E-state index contributed by atoms with van der Waals surface area (Å²) in [5, 5.41) is 10.7. The van der Waals surface area contributed by atoms with E-state index in [2.05, 4.69) is 41.5 Å². The minimum Gasteiger partial charge on any atom is -0.462 e. The molecule has 0 heterocycles. The van der Waals surface area contributed by atoms with Gasteiger partial charge in [-0.2, -0.15) is 0 Å². The number of phosphoric ester groups is 2. The van der Waals surface area contributed by atoms with E-state index in [1.54, 1.807) is 0 Å². The van der Waals surface area contributed by atoms with Crippen LogP contribution in [0.4, 0.5) is 0 Å². The predicted octanol–water partition coefficient (Wildman–Crippen LogP) is 25.1. The van der Waals surface area contributed by atoms with E-state index in [0.717, 1.165) is 102 Å². The van der Waals surface area contributed by atoms with Crippen LogP contribution in [0.3, 0.4) is 0 Å². The summed E-state index contributed by atoms with van der Waals surface area (Å²) in [4.78, 5) is 73.1. The van der Waals surface area contributed by atoms with Crippen LogP contribution < -0.4 is 0 Å². The minimum absolute atomic E-state index is 0.107. The Labute approximate surface area is 626 Å². The van der Waals surface area contributed by atoms with Gasteiger partial charge in [-0.15, -0.1) is 0 Å². The largest absolute Gasteiger partial charge is 0.472 e. The van der Waals surface area contributed by atoms with Gasteiger partial charge in [-0.25, -0.2) is 9.13 Å². The minimum atomic E-state index is -4.96. The number of aliphatic hydroxyl groups is 1. The van der Waals surface area contributed by atoms with Crippen molar-refractivity contribution in [2.45, 2.75) is 458 Å². The molecule has 0 fully saturated rings. The van der Waals surface area contributed by atoms with Crippen molar-refractivity contribution in [1.82, 2.24) is 0 Å². The lowest BCUT2D eigenvalue weighted by Crippen LogP contribution is -2.30. The van der Waals surface area contributed by atoms with Crippen molar-refractivity contribution in [2.24, 2.45) is 11.8 Å². The fourth-order valence-electron chi connectivity index (χ4n) is 12.9. The molecule has 606 valence electrons. The number of unbranched alkanes of at least 4 members (excludes halogenated alkanes) is 51. The van der Waals surface area contributed by atoms with Crippen LogP contribution in [0, 0.1) is 11.8 Å². The van der Waals surface area contributed by atoms with Crippen molar-refractivity contribution >= 4 is 39.5 Å². The van der Waals surface area contributed by atoms with E-state index in [4.69, 9.17) is 37.0 Å². The Bertz CT molecular complexity index is 1960. The second-order valence-corrected chi connectivity index (χ2v) is 33.5. The Kier molecular flexibility index (Phi) is 73.1. The summed E-state index contributed by atoms with van der Waals surface area (Å²) in [6, 6.07) is 0. The molecule has 17 nitrogen and oxygen atoms in total. The zero-order chi connectivity index (χ0) is 74.9. The Hall–Kier alpha value is -1.94.